The van der Waals surface area contributed by atoms with Gasteiger partial charge in [-0.25, -0.2) is 4.98 Å². The Labute approximate surface area is 155 Å². The number of thiophene rings is 1. The van der Waals surface area contributed by atoms with Gasteiger partial charge in [-0.15, -0.1) is 11.3 Å². The Bertz CT molecular complexity index is 960. The second-order valence-corrected chi connectivity index (χ2v) is 6.54. The van der Waals surface area contributed by atoms with Gasteiger partial charge in [0.2, 0.25) is 0 Å². The number of nitrogens with zero attached hydrogens (tertiary/aromatic N) is 2. The van der Waals surface area contributed by atoms with E-state index in [-0.39, 0.29) is 18.7 Å². The molecule has 1 aromatic carbocycles. The first-order valence-electron chi connectivity index (χ1n) is 8.49. The lowest BCUT2D eigenvalue weighted by atomic mass is 10.1. The number of fused-ring (bicyclic) bond motifs is 1. The predicted octanol–water partition coefficient (Wildman–Crippen LogP) is 3.48. The molecule has 0 N–H and O–H groups in total. The molecule has 0 spiro atoms. The van der Waals surface area contributed by atoms with Crippen molar-refractivity contribution < 1.29 is 14.3 Å². The molecule has 0 aliphatic carbocycles. The topological polar surface area (TPSA) is 70.4 Å². The van der Waals surface area contributed by atoms with Crippen molar-refractivity contribution >= 4 is 27.5 Å². The van der Waals surface area contributed by atoms with Crippen molar-refractivity contribution in [3.05, 3.63) is 46.3 Å². The van der Waals surface area contributed by atoms with E-state index in [1.807, 2.05) is 29.6 Å². The quantitative estimate of drug-likeness (QED) is 0.594. The van der Waals surface area contributed by atoms with Crippen LogP contribution in [-0.2, 0) is 16.1 Å². The first-order valence-corrected chi connectivity index (χ1v) is 9.37. The van der Waals surface area contributed by atoms with E-state index in [4.69, 9.17) is 9.47 Å². The van der Waals surface area contributed by atoms with E-state index < -0.39 is 5.97 Å². The van der Waals surface area contributed by atoms with Gasteiger partial charge in [0.15, 0.2) is 0 Å². The fraction of sp³-hybridized carbons (Fsp3) is 0.316. The van der Waals surface area contributed by atoms with Gasteiger partial charge in [-0.1, -0.05) is 19.1 Å². The fourth-order valence-corrected chi connectivity index (χ4v) is 3.50. The second-order valence-electron chi connectivity index (χ2n) is 5.69. The van der Waals surface area contributed by atoms with Gasteiger partial charge in [0.1, 0.15) is 17.1 Å². The van der Waals surface area contributed by atoms with Gasteiger partial charge in [-0.3, -0.25) is 14.2 Å². The minimum Gasteiger partial charge on any atom is -0.494 e. The molecule has 0 amide bonds. The van der Waals surface area contributed by atoms with E-state index in [1.54, 1.807) is 6.92 Å². The van der Waals surface area contributed by atoms with Gasteiger partial charge < -0.3 is 9.47 Å². The summed E-state index contributed by atoms with van der Waals surface area (Å²) < 4.78 is 11.8. The van der Waals surface area contributed by atoms with Crippen LogP contribution in [0.25, 0.3) is 21.3 Å². The Morgan fingerprint density at radius 1 is 1.23 bits per heavy atom. The smallest absolute Gasteiger partial charge is 0.326 e. The van der Waals surface area contributed by atoms with E-state index >= 15 is 0 Å². The van der Waals surface area contributed by atoms with Gasteiger partial charge in [0.05, 0.1) is 24.9 Å². The Kier molecular flexibility index (Phi) is 5.68. The van der Waals surface area contributed by atoms with E-state index in [2.05, 4.69) is 11.9 Å². The molecule has 0 saturated heterocycles. The normalized spacial score (nSPS) is 10.8. The summed E-state index contributed by atoms with van der Waals surface area (Å²) in [5.74, 6) is 0.345. The highest BCUT2D eigenvalue weighted by molar-refractivity contribution is 7.17. The van der Waals surface area contributed by atoms with Crippen LogP contribution in [0.1, 0.15) is 20.3 Å². The molecule has 0 bridgehead atoms. The number of rotatable bonds is 7. The molecule has 3 rings (SSSR count). The van der Waals surface area contributed by atoms with Crippen molar-refractivity contribution in [2.75, 3.05) is 13.2 Å². The number of hydrogen-bond donors (Lipinski definition) is 0. The van der Waals surface area contributed by atoms with Crippen molar-refractivity contribution in [2.45, 2.75) is 26.8 Å². The number of hydrogen-bond acceptors (Lipinski definition) is 6. The van der Waals surface area contributed by atoms with Crippen LogP contribution in [0, 0.1) is 0 Å². The molecule has 26 heavy (non-hydrogen) atoms. The summed E-state index contributed by atoms with van der Waals surface area (Å²) in [7, 11) is 0. The number of ether oxygens (including phenoxy) is 2. The molecule has 0 atom stereocenters. The van der Waals surface area contributed by atoms with E-state index in [1.165, 1.54) is 22.2 Å². The minimum absolute atomic E-state index is 0.144. The predicted molar refractivity (Wildman–Crippen MR) is 102 cm³/mol. The Morgan fingerprint density at radius 3 is 2.69 bits per heavy atom. The Hall–Kier alpha value is -2.67. The molecular formula is C19H20N2O4S. The molecule has 0 radical (unpaired) electrons. The second kappa shape index (κ2) is 8.14. The lowest BCUT2D eigenvalue weighted by Gasteiger charge is -2.07. The van der Waals surface area contributed by atoms with Gasteiger partial charge in [0, 0.05) is 10.9 Å². The standard InChI is InChI=1S/C19H20N2O4S/c1-3-9-25-14-7-5-13(6-8-14)15-11-26-18-17(15)19(23)21(12-20-18)10-16(22)24-4-2/h5-8,11-12H,3-4,9-10H2,1-2H3. The number of benzene rings is 1. The molecular weight excluding hydrogens is 352 g/mol. The highest BCUT2D eigenvalue weighted by Crippen LogP contribution is 2.31. The number of aromatic nitrogens is 2. The zero-order valence-corrected chi connectivity index (χ0v) is 15.5. The van der Waals surface area contributed by atoms with E-state index in [9.17, 15) is 9.59 Å². The SMILES string of the molecule is CCCOc1ccc(-c2csc3ncn(CC(=O)OCC)c(=O)c23)cc1. The third-order valence-electron chi connectivity index (χ3n) is 3.80. The van der Waals surface area contributed by atoms with Gasteiger partial charge in [0.25, 0.3) is 5.56 Å². The summed E-state index contributed by atoms with van der Waals surface area (Å²) in [6, 6.07) is 7.63. The highest BCUT2D eigenvalue weighted by Gasteiger charge is 2.15. The molecule has 2 aromatic heterocycles. The zero-order chi connectivity index (χ0) is 18.5. The van der Waals surface area contributed by atoms with Crippen LogP contribution in [0.3, 0.4) is 0 Å². The molecule has 0 aliphatic heterocycles. The lowest BCUT2D eigenvalue weighted by molar-refractivity contribution is -0.143. The van der Waals surface area contributed by atoms with Gasteiger partial charge in [-0.05, 0) is 31.0 Å². The molecule has 0 saturated carbocycles. The van der Waals surface area contributed by atoms with Crippen molar-refractivity contribution in [1.82, 2.24) is 9.55 Å². The largest absolute Gasteiger partial charge is 0.494 e. The minimum atomic E-state index is -0.454. The summed E-state index contributed by atoms with van der Waals surface area (Å²) in [5.41, 5.74) is 1.47. The van der Waals surface area contributed by atoms with E-state index in [0.717, 1.165) is 23.3 Å². The van der Waals surface area contributed by atoms with Gasteiger partial charge >= 0.3 is 5.97 Å². The van der Waals surface area contributed by atoms with Crippen molar-refractivity contribution in [1.29, 1.82) is 0 Å². The highest BCUT2D eigenvalue weighted by atomic mass is 32.1. The van der Waals surface area contributed by atoms with Crippen molar-refractivity contribution in [3.8, 4) is 16.9 Å². The molecule has 2 heterocycles. The summed E-state index contributed by atoms with van der Waals surface area (Å²) >= 11 is 1.41. The molecule has 0 unspecified atom stereocenters. The van der Waals surface area contributed by atoms with Crippen LogP contribution in [0.15, 0.2) is 40.8 Å². The molecule has 0 aliphatic rings. The summed E-state index contributed by atoms with van der Waals surface area (Å²) in [6.07, 6.45) is 2.34. The summed E-state index contributed by atoms with van der Waals surface area (Å²) in [4.78, 5) is 29.5. The van der Waals surface area contributed by atoms with E-state index in [0.29, 0.717) is 16.8 Å². The molecule has 7 heteroatoms. The first kappa shape index (κ1) is 18.1. The van der Waals surface area contributed by atoms with Crippen LogP contribution in [0.5, 0.6) is 5.75 Å². The van der Waals surface area contributed by atoms with Crippen molar-refractivity contribution in [3.63, 3.8) is 0 Å². The van der Waals surface area contributed by atoms with Crippen molar-refractivity contribution in [2.24, 2.45) is 0 Å². The number of esters is 1. The van der Waals surface area contributed by atoms with Crippen LogP contribution in [0.2, 0.25) is 0 Å². The fourth-order valence-electron chi connectivity index (χ4n) is 2.59. The maximum atomic E-state index is 12.8. The Morgan fingerprint density at radius 2 is 2.00 bits per heavy atom. The third-order valence-corrected chi connectivity index (χ3v) is 4.69. The average molecular weight is 372 g/mol. The molecule has 0 fully saturated rings. The average Bonchev–Trinajstić information content (AvgIpc) is 3.08. The number of carbonyl (C=O) groups is 1. The number of carbonyl (C=O) groups excluding carboxylic acids is 1. The maximum Gasteiger partial charge on any atom is 0.326 e. The van der Waals surface area contributed by atoms with Crippen LogP contribution >= 0.6 is 11.3 Å². The summed E-state index contributed by atoms with van der Waals surface area (Å²) in [5, 5.41) is 2.43. The monoisotopic (exact) mass is 372 g/mol. The molecule has 136 valence electrons. The van der Waals surface area contributed by atoms with Crippen LogP contribution < -0.4 is 10.3 Å². The Balaban J connectivity index is 1.96. The first-order chi connectivity index (χ1) is 12.6. The van der Waals surface area contributed by atoms with Crippen LogP contribution in [-0.4, -0.2) is 28.7 Å². The van der Waals surface area contributed by atoms with Crippen LogP contribution in [0.4, 0.5) is 0 Å². The van der Waals surface area contributed by atoms with Gasteiger partial charge in [-0.2, -0.15) is 0 Å². The molecule has 3 aromatic rings. The lowest BCUT2D eigenvalue weighted by Crippen LogP contribution is -2.25. The molecule has 6 nitrogen and oxygen atoms in total. The third kappa shape index (κ3) is 3.77. The zero-order valence-electron chi connectivity index (χ0n) is 14.7. The maximum absolute atomic E-state index is 12.8. The summed E-state index contributed by atoms with van der Waals surface area (Å²) in [6.45, 7) is 4.59.